The molecule has 1 rings (SSSR count). The summed E-state index contributed by atoms with van der Waals surface area (Å²) in [6.45, 7) is 1.18. The molecule has 0 radical (unpaired) electrons. The number of nitrogens with one attached hydrogen (secondary N) is 2. The van der Waals surface area contributed by atoms with Crippen molar-refractivity contribution < 1.29 is 14.6 Å². The lowest BCUT2D eigenvalue weighted by molar-refractivity contribution is 0.192. The minimum Gasteiger partial charge on any atom is -0.394 e. The minimum absolute atomic E-state index is 0.124. The van der Waals surface area contributed by atoms with Gasteiger partial charge < -0.3 is 20.5 Å². The van der Waals surface area contributed by atoms with Crippen molar-refractivity contribution in [3.8, 4) is 0 Å². The zero-order valence-electron chi connectivity index (χ0n) is 11.3. The summed E-state index contributed by atoms with van der Waals surface area (Å²) in [5.41, 5.74) is 0.888. The molecule has 0 aromatic heterocycles. The number of rotatable bonds is 8. The van der Waals surface area contributed by atoms with Crippen LogP contribution in [0.2, 0.25) is 0 Å². The zero-order chi connectivity index (χ0) is 13.9. The average Bonchev–Trinajstić information content (AvgIpc) is 2.45. The molecule has 0 fully saturated rings. The van der Waals surface area contributed by atoms with E-state index in [1.165, 1.54) is 0 Å². The number of urea groups is 1. The van der Waals surface area contributed by atoms with Crippen molar-refractivity contribution in [3.05, 3.63) is 35.9 Å². The molecule has 1 atom stereocenters. The molecule has 0 bridgehead atoms. The third kappa shape index (κ3) is 6.22. The predicted octanol–water partition coefficient (Wildman–Crippen LogP) is 1.45. The normalized spacial score (nSPS) is 11.9. The van der Waals surface area contributed by atoms with Crippen LogP contribution in [0.15, 0.2) is 30.3 Å². The Kier molecular flexibility index (Phi) is 7.62. The Morgan fingerprint density at radius 1 is 1.32 bits per heavy atom. The number of methoxy groups -OCH3 is 1. The number of unbranched alkanes of at least 4 members (excludes halogenated alkanes) is 1. The Hall–Kier alpha value is -1.59. The van der Waals surface area contributed by atoms with Crippen molar-refractivity contribution in [2.75, 3.05) is 26.9 Å². The standard InChI is InChI=1S/C14H22N2O3/c1-19-10-6-5-9-15-14(18)16-13(11-17)12-7-3-2-4-8-12/h2-4,7-8,13,17H,5-6,9-11H2,1H3,(H2,15,16,18). The number of carbonyl (C=O) groups is 1. The first-order valence-corrected chi connectivity index (χ1v) is 6.47. The van der Waals surface area contributed by atoms with Crippen LogP contribution in [0.3, 0.4) is 0 Å². The summed E-state index contributed by atoms with van der Waals surface area (Å²) < 4.78 is 4.93. The van der Waals surface area contributed by atoms with E-state index < -0.39 is 0 Å². The second kappa shape index (κ2) is 9.35. The van der Waals surface area contributed by atoms with E-state index in [0.717, 1.165) is 18.4 Å². The van der Waals surface area contributed by atoms with E-state index in [9.17, 15) is 9.90 Å². The molecule has 0 saturated carbocycles. The first kappa shape index (κ1) is 15.5. The Morgan fingerprint density at radius 2 is 2.05 bits per heavy atom. The summed E-state index contributed by atoms with van der Waals surface area (Å²) in [4.78, 5) is 11.7. The third-order valence-electron chi connectivity index (χ3n) is 2.75. The van der Waals surface area contributed by atoms with Gasteiger partial charge in [-0.15, -0.1) is 0 Å². The van der Waals surface area contributed by atoms with Crippen LogP contribution < -0.4 is 10.6 Å². The van der Waals surface area contributed by atoms with Gasteiger partial charge in [-0.25, -0.2) is 4.79 Å². The molecule has 0 aliphatic heterocycles. The van der Waals surface area contributed by atoms with Gasteiger partial charge in [0.15, 0.2) is 0 Å². The van der Waals surface area contributed by atoms with Gasteiger partial charge in [0.25, 0.3) is 0 Å². The molecule has 0 aliphatic carbocycles. The Balaban J connectivity index is 2.30. The van der Waals surface area contributed by atoms with Crippen molar-refractivity contribution in [2.24, 2.45) is 0 Å². The monoisotopic (exact) mass is 266 g/mol. The SMILES string of the molecule is COCCCCNC(=O)NC(CO)c1ccccc1. The predicted molar refractivity (Wildman–Crippen MR) is 73.9 cm³/mol. The highest BCUT2D eigenvalue weighted by atomic mass is 16.5. The largest absolute Gasteiger partial charge is 0.394 e. The second-order valence-corrected chi connectivity index (χ2v) is 4.25. The summed E-state index contributed by atoms with van der Waals surface area (Å²) in [5.74, 6) is 0. The molecule has 2 amide bonds. The van der Waals surface area contributed by atoms with Gasteiger partial charge in [0, 0.05) is 20.3 Å². The van der Waals surface area contributed by atoms with Gasteiger partial charge >= 0.3 is 6.03 Å². The van der Waals surface area contributed by atoms with Crippen molar-refractivity contribution in [1.82, 2.24) is 10.6 Å². The van der Waals surface area contributed by atoms with Crippen LogP contribution in [0.25, 0.3) is 0 Å². The molecule has 3 N–H and O–H groups in total. The van der Waals surface area contributed by atoms with E-state index in [1.807, 2.05) is 30.3 Å². The molecule has 1 aromatic rings. The summed E-state index contributed by atoms with van der Waals surface area (Å²) in [5, 5.41) is 14.8. The van der Waals surface area contributed by atoms with E-state index in [0.29, 0.717) is 13.2 Å². The Morgan fingerprint density at radius 3 is 2.68 bits per heavy atom. The molecule has 0 saturated heterocycles. The Labute approximate surface area is 114 Å². The number of hydrogen-bond acceptors (Lipinski definition) is 3. The summed E-state index contributed by atoms with van der Waals surface area (Å²) in [6.07, 6.45) is 1.79. The van der Waals surface area contributed by atoms with Crippen LogP contribution >= 0.6 is 0 Å². The van der Waals surface area contributed by atoms with Gasteiger partial charge in [-0.3, -0.25) is 0 Å². The molecule has 19 heavy (non-hydrogen) atoms. The fourth-order valence-electron chi connectivity index (χ4n) is 1.70. The number of ether oxygens (including phenoxy) is 1. The topological polar surface area (TPSA) is 70.6 Å². The maximum absolute atomic E-state index is 11.7. The quantitative estimate of drug-likeness (QED) is 0.624. The van der Waals surface area contributed by atoms with E-state index in [2.05, 4.69) is 10.6 Å². The smallest absolute Gasteiger partial charge is 0.315 e. The highest BCUT2D eigenvalue weighted by Crippen LogP contribution is 2.10. The zero-order valence-corrected chi connectivity index (χ0v) is 11.3. The molecular formula is C14H22N2O3. The summed E-state index contributed by atoms with van der Waals surface area (Å²) >= 11 is 0. The highest BCUT2D eigenvalue weighted by Gasteiger charge is 2.12. The number of aliphatic hydroxyl groups excluding tert-OH is 1. The van der Waals surface area contributed by atoms with Crippen LogP contribution in [-0.2, 0) is 4.74 Å². The number of benzene rings is 1. The average molecular weight is 266 g/mol. The lowest BCUT2D eigenvalue weighted by Gasteiger charge is -2.17. The molecule has 5 nitrogen and oxygen atoms in total. The van der Waals surface area contributed by atoms with Gasteiger partial charge in [0.1, 0.15) is 0 Å². The summed E-state index contributed by atoms with van der Waals surface area (Å²) in [7, 11) is 1.66. The number of hydrogen-bond donors (Lipinski definition) is 3. The van der Waals surface area contributed by atoms with Crippen LogP contribution in [0.1, 0.15) is 24.4 Å². The van der Waals surface area contributed by atoms with E-state index in [4.69, 9.17) is 4.74 Å². The van der Waals surface area contributed by atoms with Crippen molar-refractivity contribution in [1.29, 1.82) is 0 Å². The number of amides is 2. The van der Waals surface area contributed by atoms with E-state index in [-0.39, 0.29) is 18.7 Å². The van der Waals surface area contributed by atoms with Gasteiger partial charge in [0.05, 0.1) is 12.6 Å². The van der Waals surface area contributed by atoms with Gasteiger partial charge in [-0.1, -0.05) is 30.3 Å². The maximum atomic E-state index is 11.7. The van der Waals surface area contributed by atoms with E-state index >= 15 is 0 Å². The molecule has 0 aliphatic rings. The molecular weight excluding hydrogens is 244 g/mol. The summed E-state index contributed by atoms with van der Waals surface area (Å²) in [6, 6.07) is 8.76. The molecule has 1 unspecified atom stereocenters. The van der Waals surface area contributed by atoms with Crippen molar-refractivity contribution in [2.45, 2.75) is 18.9 Å². The fraction of sp³-hybridized carbons (Fsp3) is 0.500. The lowest BCUT2D eigenvalue weighted by Crippen LogP contribution is -2.39. The maximum Gasteiger partial charge on any atom is 0.315 e. The van der Waals surface area contributed by atoms with Gasteiger partial charge in [0.2, 0.25) is 0 Å². The third-order valence-corrected chi connectivity index (χ3v) is 2.75. The van der Waals surface area contributed by atoms with E-state index in [1.54, 1.807) is 7.11 Å². The second-order valence-electron chi connectivity index (χ2n) is 4.25. The minimum atomic E-state index is -0.375. The van der Waals surface area contributed by atoms with Crippen LogP contribution in [0, 0.1) is 0 Å². The molecule has 0 heterocycles. The lowest BCUT2D eigenvalue weighted by atomic mass is 10.1. The van der Waals surface area contributed by atoms with Crippen LogP contribution in [0.5, 0.6) is 0 Å². The fourth-order valence-corrected chi connectivity index (χ4v) is 1.70. The molecule has 5 heteroatoms. The number of aliphatic hydroxyl groups is 1. The number of carbonyl (C=O) groups excluding carboxylic acids is 1. The first-order chi connectivity index (χ1) is 9.27. The highest BCUT2D eigenvalue weighted by molar-refractivity contribution is 5.74. The van der Waals surface area contributed by atoms with Crippen LogP contribution in [-0.4, -0.2) is 38.0 Å². The van der Waals surface area contributed by atoms with Gasteiger partial charge in [-0.05, 0) is 18.4 Å². The van der Waals surface area contributed by atoms with Crippen LogP contribution in [0.4, 0.5) is 4.79 Å². The van der Waals surface area contributed by atoms with Crippen molar-refractivity contribution >= 4 is 6.03 Å². The van der Waals surface area contributed by atoms with Crippen molar-refractivity contribution in [3.63, 3.8) is 0 Å². The molecule has 1 aromatic carbocycles. The van der Waals surface area contributed by atoms with Gasteiger partial charge in [-0.2, -0.15) is 0 Å². The molecule has 0 spiro atoms. The Bertz CT molecular complexity index is 357. The molecule has 106 valence electrons. The first-order valence-electron chi connectivity index (χ1n) is 6.47.